The predicted molar refractivity (Wildman–Crippen MR) is 75.2 cm³/mol. The minimum atomic E-state index is -1.11. The Morgan fingerprint density at radius 2 is 2.10 bits per heavy atom. The van der Waals surface area contributed by atoms with Crippen molar-refractivity contribution < 1.29 is 23.9 Å². The summed E-state index contributed by atoms with van der Waals surface area (Å²) >= 11 is 0.997. The molecule has 0 aliphatic carbocycles. The minimum absolute atomic E-state index is 0.0721. The van der Waals surface area contributed by atoms with Crippen LogP contribution in [0.25, 0.3) is 0 Å². The molecule has 8 heteroatoms. The van der Waals surface area contributed by atoms with Crippen molar-refractivity contribution in [2.24, 2.45) is 0 Å². The summed E-state index contributed by atoms with van der Waals surface area (Å²) in [5.41, 5.74) is -0.481. The van der Waals surface area contributed by atoms with Crippen molar-refractivity contribution >= 4 is 35.8 Å². The van der Waals surface area contributed by atoms with Crippen molar-refractivity contribution in [3.05, 3.63) is 16.1 Å². The molecule has 7 nitrogen and oxygen atoms in total. The van der Waals surface area contributed by atoms with Crippen LogP contribution in [-0.2, 0) is 19.1 Å². The number of ether oxygens (including phenoxy) is 1. The summed E-state index contributed by atoms with van der Waals surface area (Å²) in [4.78, 5) is 48.7. The number of carbonyl (C=O) groups excluding carboxylic acids is 4. The van der Waals surface area contributed by atoms with Crippen LogP contribution in [-0.4, -0.2) is 41.6 Å². The van der Waals surface area contributed by atoms with Crippen LogP contribution in [0.2, 0.25) is 0 Å². The number of carbonyl (C=O) groups is 4. The number of aldehydes is 1. The molecule has 114 valence electrons. The number of rotatable bonds is 7. The monoisotopic (exact) mass is 312 g/mol. The van der Waals surface area contributed by atoms with Crippen LogP contribution in [0.15, 0.2) is 5.38 Å². The Morgan fingerprint density at radius 1 is 1.43 bits per heavy atom. The lowest BCUT2D eigenvalue weighted by Gasteiger charge is -2.18. The van der Waals surface area contributed by atoms with E-state index in [4.69, 9.17) is 4.74 Å². The van der Waals surface area contributed by atoms with Crippen LogP contribution >= 0.6 is 11.3 Å². The van der Waals surface area contributed by atoms with Gasteiger partial charge in [-0.1, -0.05) is 0 Å². The van der Waals surface area contributed by atoms with Crippen molar-refractivity contribution in [3.63, 3.8) is 0 Å². The molecule has 1 aromatic heterocycles. The minimum Gasteiger partial charge on any atom is -0.455 e. The first-order valence-electron chi connectivity index (χ1n) is 6.12. The molecule has 0 aliphatic heterocycles. The molecule has 0 spiro atoms. The van der Waals surface area contributed by atoms with Gasteiger partial charge in [-0.05, 0) is 20.8 Å². The molecule has 1 heterocycles. The average Bonchev–Trinajstić information content (AvgIpc) is 2.85. The topological polar surface area (TPSA) is 102 Å². The number of ketones is 1. The van der Waals surface area contributed by atoms with E-state index in [1.54, 1.807) is 20.8 Å². The van der Waals surface area contributed by atoms with Crippen molar-refractivity contribution in [2.45, 2.75) is 32.3 Å². The summed E-state index contributed by atoms with van der Waals surface area (Å²) in [6.07, 6.45) is 0.801. The van der Waals surface area contributed by atoms with E-state index >= 15 is 0 Å². The molecular formula is C13H16N2O5S. The Hall–Kier alpha value is -2.09. The first-order valence-corrected chi connectivity index (χ1v) is 7.00. The van der Waals surface area contributed by atoms with Crippen LogP contribution in [0.1, 0.15) is 42.2 Å². The molecule has 1 amide bonds. The first-order chi connectivity index (χ1) is 9.78. The maximum atomic E-state index is 11.8. The smallest absolute Gasteiger partial charge is 0.367 e. The van der Waals surface area contributed by atoms with Crippen molar-refractivity contribution in [2.75, 3.05) is 6.54 Å². The summed E-state index contributed by atoms with van der Waals surface area (Å²) in [5.74, 6) is -2.22. The third-order valence-corrected chi connectivity index (χ3v) is 3.10. The summed E-state index contributed by atoms with van der Waals surface area (Å²) in [6, 6.07) is 0. The average molecular weight is 312 g/mol. The number of aromatic nitrogens is 1. The number of Topliss-reactive ketones (excluding diaryl/α,β-unsaturated/α-hetero) is 1. The number of amides is 1. The maximum absolute atomic E-state index is 11.8. The molecule has 1 aromatic rings. The SMILES string of the molecule is CC(C)(C)OC(=O)c1nc(C(C=O)C(=O)CNC=O)cs1. The van der Waals surface area contributed by atoms with Crippen LogP contribution in [0.5, 0.6) is 0 Å². The number of hydrogen-bond acceptors (Lipinski definition) is 7. The lowest BCUT2D eigenvalue weighted by molar-refractivity contribution is -0.125. The molecule has 1 atom stereocenters. The fourth-order valence-corrected chi connectivity index (χ4v) is 2.13. The molecule has 21 heavy (non-hydrogen) atoms. The van der Waals surface area contributed by atoms with Crippen LogP contribution < -0.4 is 5.32 Å². The zero-order valence-corrected chi connectivity index (χ0v) is 12.7. The van der Waals surface area contributed by atoms with Crippen LogP contribution in [0.4, 0.5) is 0 Å². The Balaban J connectivity index is 2.85. The van der Waals surface area contributed by atoms with Gasteiger partial charge in [-0.15, -0.1) is 11.3 Å². The molecule has 0 saturated heterocycles. The van der Waals surface area contributed by atoms with E-state index < -0.39 is 23.3 Å². The third-order valence-electron chi connectivity index (χ3n) is 2.26. The Morgan fingerprint density at radius 3 is 2.62 bits per heavy atom. The highest BCUT2D eigenvalue weighted by Crippen LogP contribution is 2.20. The molecule has 1 rings (SSSR count). The highest BCUT2D eigenvalue weighted by atomic mass is 32.1. The number of nitrogens with one attached hydrogen (secondary N) is 1. The second kappa shape index (κ2) is 7.07. The van der Waals surface area contributed by atoms with Gasteiger partial charge in [0.15, 0.2) is 5.78 Å². The van der Waals surface area contributed by atoms with Gasteiger partial charge < -0.3 is 14.8 Å². The van der Waals surface area contributed by atoms with E-state index in [1.165, 1.54) is 5.38 Å². The Labute approximate surface area is 125 Å². The highest BCUT2D eigenvalue weighted by molar-refractivity contribution is 7.11. The number of nitrogens with zero attached hydrogens (tertiary/aromatic N) is 1. The zero-order chi connectivity index (χ0) is 16.0. The van der Waals surface area contributed by atoms with Crippen molar-refractivity contribution in [3.8, 4) is 0 Å². The van der Waals surface area contributed by atoms with Crippen LogP contribution in [0, 0.1) is 0 Å². The summed E-state index contributed by atoms with van der Waals surface area (Å²) < 4.78 is 5.15. The lowest BCUT2D eigenvalue weighted by atomic mass is 10.0. The van der Waals surface area contributed by atoms with E-state index in [9.17, 15) is 19.2 Å². The number of thiazole rings is 1. The largest absolute Gasteiger partial charge is 0.455 e. The van der Waals surface area contributed by atoms with E-state index in [1.807, 2.05) is 0 Å². The molecule has 0 aliphatic rings. The van der Waals surface area contributed by atoms with E-state index in [0.717, 1.165) is 11.3 Å². The van der Waals surface area contributed by atoms with Gasteiger partial charge in [-0.2, -0.15) is 0 Å². The molecule has 0 bridgehead atoms. The molecule has 0 radical (unpaired) electrons. The van der Waals surface area contributed by atoms with E-state index in [0.29, 0.717) is 12.7 Å². The normalized spacial score (nSPS) is 12.3. The molecule has 0 saturated carbocycles. The van der Waals surface area contributed by atoms with Gasteiger partial charge in [0.05, 0.1) is 12.2 Å². The van der Waals surface area contributed by atoms with Gasteiger partial charge in [0.2, 0.25) is 11.4 Å². The second-order valence-electron chi connectivity index (χ2n) is 5.16. The molecular weight excluding hydrogens is 296 g/mol. The lowest BCUT2D eigenvalue weighted by Crippen LogP contribution is -2.27. The highest BCUT2D eigenvalue weighted by Gasteiger charge is 2.25. The third kappa shape index (κ3) is 5.07. The summed E-state index contributed by atoms with van der Waals surface area (Å²) in [7, 11) is 0. The van der Waals surface area contributed by atoms with Gasteiger partial charge in [0.1, 0.15) is 17.8 Å². The standard InChI is InChI=1S/C13H16N2O5S/c1-13(2,3)20-12(19)11-15-9(6-21-11)8(5-16)10(18)4-14-7-17/h5-8H,4H2,1-3H3,(H,14,17). The maximum Gasteiger partial charge on any atom is 0.367 e. The van der Waals surface area contributed by atoms with E-state index in [-0.39, 0.29) is 17.2 Å². The van der Waals surface area contributed by atoms with Crippen molar-refractivity contribution in [1.82, 2.24) is 10.3 Å². The molecule has 1 N–H and O–H groups in total. The summed E-state index contributed by atoms with van der Waals surface area (Å²) in [6.45, 7) is 4.90. The zero-order valence-electron chi connectivity index (χ0n) is 11.9. The second-order valence-corrected chi connectivity index (χ2v) is 6.02. The van der Waals surface area contributed by atoms with E-state index in [2.05, 4.69) is 10.3 Å². The Kier molecular flexibility index (Phi) is 5.71. The molecule has 0 aromatic carbocycles. The van der Waals surface area contributed by atoms with Crippen molar-refractivity contribution in [1.29, 1.82) is 0 Å². The van der Waals surface area contributed by atoms with Gasteiger partial charge >= 0.3 is 5.97 Å². The van der Waals surface area contributed by atoms with Gasteiger partial charge in [-0.25, -0.2) is 9.78 Å². The Bertz CT molecular complexity index is 547. The molecule has 1 unspecified atom stereocenters. The fourth-order valence-electron chi connectivity index (χ4n) is 1.41. The summed E-state index contributed by atoms with van der Waals surface area (Å²) in [5, 5.41) is 3.72. The first kappa shape index (κ1) is 17.0. The van der Waals surface area contributed by atoms with Crippen LogP contribution in [0.3, 0.4) is 0 Å². The quantitative estimate of drug-likeness (QED) is 0.451. The number of hydrogen-bond donors (Lipinski definition) is 1. The fraction of sp³-hybridized carbons (Fsp3) is 0.462. The number of esters is 1. The van der Waals surface area contributed by atoms with Gasteiger partial charge in [0, 0.05) is 5.38 Å². The van der Waals surface area contributed by atoms with Gasteiger partial charge in [0.25, 0.3) is 0 Å². The predicted octanol–water partition coefficient (Wildman–Crippen LogP) is 0.696. The van der Waals surface area contributed by atoms with Gasteiger partial charge in [-0.3, -0.25) is 9.59 Å². The molecule has 0 fully saturated rings.